The number of halogens is 1. The summed E-state index contributed by atoms with van der Waals surface area (Å²) in [5.74, 6) is 0.712. The average molecular weight is 252 g/mol. The molecule has 100 valence electrons. The van der Waals surface area contributed by atoms with Gasteiger partial charge in [-0.25, -0.2) is 14.4 Å². The van der Waals surface area contributed by atoms with E-state index in [1.54, 1.807) is 6.92 Å². The Morgan fingerprint density at radius 3 is 3.00 bits per heavy atom. The molecule has 2 unspecified atom stereocenters. The first-order valence-corrected chi connectivity index (χ1v) is 6.52. The van der Waals surface area contributed by atoms with Gasteiger partial charge in [0.25, 0.3) is 0 Å². The van der Waals surface area contributed by atoms with Gasteiger partial charge in [-0.2, -0.15) is 0 Å². The second-order valence-electron chi connectivity index (χ2n) is 5.02. The highest BCUT2D eigenvalue weighted by molar-refractivity contribution is 5.41. The zero-order valence-corrected chi connectivity index (χ0v) is 11.3. The minimum absolute atomic E-state index is 0.282. The highest BCUT2D eigenvalue weighted by Crippen LogP contribution is 2.25. The summed E-state index contributed by atoms with van der Waals surface area (Å²) in [5, 5.41) is 3.28. The van der Waals surface area contributed by atoms with Crippen LogP contribution in [0.1, 0.15) is 25.5 Å². The van der Waals surface area contributed by atoms with E-state index in [2.05, 4.69) is 22.2 Å². The maximum atomic E-state index is 14.0. The molecule has 0 amide bonds. The number of hydrogen-bond donors (Lipinski definition) is 1. The third-order valence-corrected chi connectivity index (χ3v) is 3.87. The minimum Gasteiger partial charge on any atom is -0.354 e. The van der Waals surface area contributed by atoms with Crippen molar-refractivity contribution in [1.82, 2.24) is 15.3 Å². The van der Waals surface area contributed by atoms with Crippen molar-refractivity contribution in [3.8, 4) is 0 Å². The maximum absolute atomic E-state index is 14.0. The Hall–Kier alpha value is -1.23. The van der Waals surface area contributed by atoms with Crippen LogP contribution < -0.4 is 10.2 Å². The van der Waals surface area contributed by atoms with Crippen LogP contribution in [0.3, 0.4) is 0 Å². The van der Waals surface area contributed by atoms with Crippen molar-refractivity contribution in [2.75, 3.05) is 25.0 Å². The summed E-state index contributed by atoms with van der Waals surface area (Å²) in [7, 11) is 1.97. The number of anilines is 1. The van der Waals surface area contributed by atoms with Gasteiger partial charge in [-0.1, -0.05) is 0 Å². The Morgan fingerprint density at radius 2 is 2.28 bits per heavy atom. The van der Waals surface area contributed by atoms with Crippen LogP contribution in [0.2, 0.25) is 0 Å². The van der Waals surface area contributed by atoms with Crippen molar-refractivity contribution in [3.05, 3.63) is 17.8 Å². The molecule has 5 heteroatoms. The van der Waals surface area contributed by atoms with Crippen LogP contribution in [0, 0.1) is 18.7 Å². The highest BCUT2D eigenvalue weighted by atomic mass is 19.1. The van der Waals surface area contributed by atoms with E-state index < -0.39 is 0 Å². The Labute approximate surface area is 108 Å². The van der Waals surface area contributed by atoms with Crippen molar-refractivity contribution in [2.45, 2.75) is 32.7 Å². The zero-order valence-electron chi connectivity index (χ0n) is 11.3. The SMILES string of the molecule is CNC(C)C1CCCN(c2ncnc(C)c2F)C1. The van der Waals surface area contributed by atoms with Gasteiger partial charge in [0.15, 0.2) is 11.6 Å². The van der Waals surface area contributed by atoms with Gasteiger partial charge >= 0.3 is 0 Å². The molecule has 2 rings (SSSR count). The first-order valence-electron chi connectivity index (χ1n) is 6.52. The van der Waals surface area contributed by atoms with Gasteiger partial charge in [0, 0.05) is 19.1 Å². The van der Waals surface area contributed by atoms with Gasteiger partial charge in [-0.3, -0.25) is 0 Å². The van der Waals surface area contributed by atoms with Crippen LogP contribution in [0.25, 0.3) is 0 Å². The molecule has 0 aliphatic carbocycles. The van der Waals surface area contributed by atoms with E-state index in [4.69, 9.17) is 0 Å². The van der Waals surface area contributed by atoms with E-state index in [0.717, 1.165) is 19.5 Å². The van der Waals surface area contributed by atoms with Crippen molar-refractivity contribution in [1.29, 1.82) is 0 Å². The summed E-state index contributed by atoms with van der Waals surface area (Å²) >= 11 is 0. The lowest BCUT2D eigenvalue weighted by Gasteiger charge is -2.36. The van der Waals surface area contributed by atoms with Gasteiger partial charge in [-0.05, 0) is 39.7 Å². The third kappa shape index (κ3) is 2.61. The standard InChI is InChI=1S/C13H21FN4/c1-9(15-3)11-5-4-6-18(7-11)13-12(14)10(2)16-8-17-13/h8-9,11,15H,4-7H2,1-3H3. The molecule has 1 fully saturated rings. The van der Waals surface area contributed by atoms with Crippen LogP contribution in [0.15, 0.2) is 6.33 Å². The van der Waals surface area contributed by atoms with E-state index in [9.17, 15) is 4.39 Å². The minimum atomic E-state index is -0.282. The molecule has 4 nitrogen and oxygen atoms in total. The summed E-state index contributed by atoms with van der Waals surface area (Å²) < 4.78 is 14.0. The molecular formula is C13H21FN4. The van der Waals surface area contributed by atoms with E-state index in [1.165, 1.54) is 12.7 Å². The number of aryl methyl sites for hydroxylation is 1. The van der Waals surface area contributed by atoms with E-state index >= 15 is 0 Å². The fourth-order valence-corrected chi connectivity index (χ4v) is 2.51. The van der Waals surface area contributed by atoms with Gasteiger partial charge in [-0.15, -0.1) is 0 Å². The summed E-state index contributed by atoms with van der Waals surface area (Å²) in [5.41, 5.74) is 0.420. The maximum Gasteiger partial charge on any atom is 0.186 e. The lowest BCUT2D eigenvalue weighted by molar-refractivity contribution is 0.330. The number of hydrogen-bond acceptors (Lipinski definition) is 4. The highest BCUT2D eigenvalue weighted by Gasteiger charge is 2.26. The quantitative estimate of drug-likeness (QED) is 0.890. The summed E-state index contributed by atoms with van der Waals surface area (Å²) in [6.07, 6.45) is 3.71. The van der Waals surface area contributed by atoms with Crippen molar-refractivity contribution >= 4 is 5.82 Å². The monoisotopic (exact) mass is 252 g/mol. The Balaban J connectivity index is 2.15. The molecule has 18 heavy (non-hydrogen) atoms. The topological polar surface area (TPSA) is 41.0 Å². The molecule has 1 aromatic rings. The molecule has 1 N–H and O–H groups in total. The van der Waals surface area contributed by atoms with Crippen LogP contribution >= 0.6 is 0 Å². The second kappa shape index (κ2) is 5.61. The van der Waals surface area contributed by atoms with Crippen LogP contribution in [0.4, 0.5) is 10.2 Å². The fourth-order valence-electron chi connectivity index (χ4n) is 2.51. The van der Waals surface area contributed by atoms with Crippen LogP contribution in [-0.2, 0) is 0 Å². The van der Waals surface area contributed by atoms with Gasteiger partial charge in [0.05, 0.1) is 5.69 Å². The molecule has 0 radical (unpaired) electrons. The summed E-state index contributed by atoms with van der Waals surface area (Å²) in [4.78, 5) is 10.0. The van der Waals surface area contributed by atoms with Gasteiger partial charge in [0.2, 0.25) is 0 Å². The molecular weight excluding hydrogens is 231 g/mol. The number of nitrogens with one attached hydrogen (secondary N) is 1. The molecule has 1 saturated heterocycles. The Morgan fingerprint density at radius 1 is 1.50 bits per heavy atom. The number of rotatable bonds is 3. The number of nitrogens with zero attached hydrogens (tertiary/aromatic N) is 3. The largest absolute Gasteiger partial charge is 0.354 e. The Bertz CT molecular complexity index is 410. The lowest BCUT2D eigenvalue weighted by atomic mass is 9.91. The lowest BCUT2D eigenvalue weighted by Crippen LogP contribution is -2.44. The van der Waals surface area contributed by atoms with Crippen molar-refractivity contribution in [3.63, 3.8) is 0 Å². The fraction of sp³-hybridized carbons (Fsp3) is 0.692. The van der Waals surface area contributed by atoms with E-state index in [1.807, 2.05) is 11.9 Å². The summed E-state index contributed by atoms with van der Waals surface area (Å²) in [6, 6.07) is 0.443. The number of aromatic nitrogens is 2. The second-order valence-corrected chi connectivity index (χ2v) is 5.02. The molecule has 2 atom stereocenters. The molecule has 1 aromatic heterocycles. The smallest absolute Gasteiger partial charge is 0.186 e. The van der Waals surface area contributed by atoms with Crippen molar-refractivity contribution < 1.29 is 4.39 Å². The molecule has 0 aromatic carbocycles. The first-order chi connectivity index (χ1) is 8.63. The Kier molecular flexibility index (Phi) is 4.11. The van der Waals surface area contributed by atoms with Crippen LogP contribution in [-0.4, -0.2) is 36.1 Å². The molecule has 0 bridgehead atoms. The van der Waals surface area contributed by atoms with E-state index in [0.29, 0.717) is 23.5 Å². The van der Waals surface area contributed by atoms with Gasteiger partial charge in [0.1, 0.15) is 6.33 Å². The van der Waals surface area contributed by atoms with Gasteiger partial charge < -0.3 is 10.2 Å². The number of piperidine rings is 1. The third-order valence-electron chi connectivity index (χ3n) is 3.87. The molecule has 0 saturated carbocycles. The predicted octanol–water partition coefficient (Wildman–Crippen LogP) is 1.75. The normalized spacial score (nSPS) is 22.0. The van der Waals surface area contributed by atoms with Crippen LogP contribution in [0.5, 0.6) is 0 Å². The van der Waals surface area contributed by atoms with Crippen molar-refractivity contribution in [2.24, 2.45) is 5.92 Å². The molecule has 1 aliphatic rings. The summed E-state index contributed by atoms with van der Waals surface area (Å²) in [6.45, 7) is 5.59. The van der Waals surface area contributed by atoms with E-state index in [-0.39, 0.29) is 5.82 Å². The predicted molar refractivity (Wildman–Crippen MR) is 70.2 cm³/mol. The molecule has 2 heterocycles. The molecule has 1 aliphatic heterocycles. The molecule has 0 spiro atoms. The first kappa shape index (κ1) is 13.2. The average Bonchev–Trinajstić information content (AvgIpc) is 2.41. The zero-order chi connectivity index (χ0) is 13.1.